The van der Waals surface area contributed by atoms with E-state index in [0.717, 1.165) is 16.6 Å². The highest BCUT2D eigenvalue weighted by Gasteiger charge is 2.14. The van der Waals surface area contributed by atoms with E-state index in [1.807, 2.05) is 51.3 Å². The van der Waals surface area contributed by atoms with Crippen molar-refractivity contribution in [1.29, 1.82) is 0 Å². The number of amides is 1. The Balaban J connectivity index is 1.91. The molecule has 0 aliphatic carbocycles. The number of H-pyrrole nitrogens is 1. The molecular formula is C15H19N3O2. The molecule has 0 bridgehead atoms. The van der Waals surface area contributed by atoms with Crippen molar-refractivity contribution in [1.82, 2.24) is 15.3 Å². The Kier molecular flexibility index (Phi) is 4.08. The predicted molar refractivity (Wildman–Crippen MR) is 79.4 cm³/mol. The van der Waals surface area contributed by atoms with Crippen LogP contribution in [0.2, 0.25) is 0 Å². The molecule has 0 fully saturated rings. The molecule has 2 aromatic rings. The van der Waals surface area contributed by atoms with Crippen LogP contribution in [0.15, 0.2) is 30.6 Å². The highest BCUT2D eigenvalue weighted by Crippen LogP contribution is 2.16. The number of aromatic nitrogens is 2. The summed E-state index contributed by atoms with van der Waals surface area (Å²) in [5.41, 5.74) is 1.44. The van der Waals surface area contributed by atoms with Crippen molar-refractivity contribution in [2.24, 2.45) is 0 Å². The van der Waals surface area contributed by atoms with Crippen LogP contribution in [0, 0.1) is 0 Å². The lowest BCUT2D eigenvalue weighted by molar-refractivity contribution is 0.0534. The van der Waals surface area contributed by atoms with Gasteiger partial charge in [-0.1, -0.05) is 12.2 Å². The fourth-order valence-electron chi connectivity index (χ4n) is 1.77. The Hall–Kier alpha value is -2.30. The fraction of sp³-hybridized carbons (Fsp3) is 0.333. The van der Waals surface area contributed by atoms with E-state index in [0.29, 0.717) is 6.54 Å². The molecule has 20 heavy (non-hydrogen) atoms. The van der Waals surface area contributed by atoms with Gasteiger partial charge in [-0.3, -0.25) is 0 Å². The Bertz CT molecular complexity index is 623. The van der Waals surface area contributed by atoms with Crippen LogP contribution in [0.1, 0.15) is 26.3 Å². The molecule has 2 heterocycles. The largest absolute Gasteiger partial charge is 0.444 e. The van der Waals surface area contributed by atoms with Crippen molar-refractivity contribution in [2.75, 3.05) is 6.54 Å². The Labute approximate surface area is 118 Å². The van der Waals surface area contributed by atoms with E-state index in [2.05, 4.69) is 15.3 Å². The highest BCUT2D eigenvalue weighted by atomic mass is 16.6. The number of pyridine rings is 1. The molecule has 5 heteroatoms. The Morgan fingerprint density at radius 2 is 2.25 bits per heavy atom. The summed E-state index contributed by atoms with van der Waals surface area (Å²) in [5, 5.41) is 3.74. The highest BCUT2D eigenvalue weighted by molar-refractivity contribution is 5.85. The van der Waals surface area contributed by atoms with Gasteiger partial charge in [-0.2, -0.15) is 0 Å². The molecule has 2 N–H and O–H groups in total. The third-order valence-corrected chi connectivity index (χ3v) is 2.55. The van der Waals surface area contributed by atoms with Gasteiger partial charge < -0.3 is 15.0 Å². The third kappa shape index (κ3) is 3.85. The molecule has 2 rings (SSSR count). The first-order valence-electron chi connectivity index (χ1n) is 6.51. The maximum absolute atomic E-state index is 11.5. The number of nitrogens with one attached hydrogen (secondary N) is 2. The standard InChI is InChI=1S/C15H19N3O2/c1-15(2,3)20-14(19)18-8-4-5-11-6-9-16-13-12(11)7-10-17-13/h4-7,9-10H,8H2,1-3H3,(H,16,17)(H,18,19). The zero-order valence-electron chi connectivity index (χ0n) is 11.9. The van der Waals surface area contributed by atoms with E-state index in [9.17, 15) is 4.79 Å². The van der Waals surface area contributed by atoms with Crippen LogP contribution >= 0.6 is 0 Å². The average molecular weight is 273 g/mol. The smallest absolute Gasteiger partial charge is 0.407 e. The summed E-state index contributed by atoms with van der Waals surface area (Å²) in [6.07, 6.45) is 7.03. The van der Waals surface area contributed by atoms with Gasteiger partial charge in [0.2, 0.25) is 0 Å². The second-order valence-electron chi connectivity index (χ2n) is 5.43. The van der Waals surface area contributed by atoms with E-state index in [-0.39, 0.29) is 0 Å². The number of alkyl carbamates (subject to hydrolysis) is 1. The van der Waals surface area contributed by atoms with Gasteiger partial charge in [0, 0.05) is 24.3 Å². The number of carbonyl (C=O) groups excluding carboxylic acids is 1. The normalized spacial score (nSPS) is 11.9. The minimum absolute atomic E-state index is 0.413. The van der Waals surface area contributed by atoms with Crippen molar-refractivity contribution >= 4 is 23.2 Å². The number of aromatic amines is 1. The molecule has 1 amide bonds. The molecule has 0 spiro atoms. The van der Waals surface area contributed by atoms with Gasteiger partial charge in [0.1, 0.15) is 11.2 Å². The van der Waals surface area contributed by atoms with Crippen LogP contribution in [0.5, 0.6) is 0 Å². The summed E-state index contributed by atoms with van der Waals surface area (Å²) in [4.78, 5) is 18.7. The summed E-state index contributed by atoms with van der Waals surface area (Å²) < 4.78 is 5.15. The lowest BCUT2D eigenvalue weighted by Gasteiger charge is -2.19. The minimum atomic E-state index is -0.476. The van der Waals surface area contributed by atoms with Gasteiger partial charge in [-0.05, 0) is 38.5 Å². The summed E-state index contributed by atoms with van der Waals surface area (Å²) >= 11 is 0. The van der Waals surface area contributed by atoms with Crippen molar-refractivity contribution in [3.8, 4) is 0 Å². The van der Waals surface area contributed by atoms with Crippen LogP contribution in [-0.4, -0.2) is 28.2 Å². The second kappa shape index (κ2) is 5.77. The summed E-state index contributed by atoms with van der Waals surface area (Å²) in [5.74, 6) is 0. The number of fused-ring (bicyclic) bond motifs is 1. The fourth-order valence-corrected chi connectivity index (χ4v) is 1.77. The van der Waals surface area contributed by atoms with Crippen LogP contribution < -0.4 is 5.32 Å². The lowest BCUT2D eigenvalue weighted by Crippen LogP contribution is -2.32. The number of hydrogen-bond acceptors (Lipinski definition) is 3. The van der Waals surface area contributed by atoms with E-state index in [1.54, 1.807) is 6.20 Å². The molecule has 0 saturated heterocycles. The van der Waals surface area contributed by atoms with Crippen molar-refractivity contribution in [2.45, 2.75) is 26.4 Å². The number of ether oxygens (including phenoxy) is 1. The van der Waals surface area contributed by atoms with E-state index in [4.69, 9.17) is 4.74 Å². The van der Waals surface area contributed by atoms with Crippen LogP contribution in [-0.2, 0) is 4.74 Å². The van der Waals surface area contributed by atoms with E-state index < -0.39 is 11.7 Å². The number of carbonyl (C=O) groups is 1. The number of nitrogens with zero attached hydrogens (tertiary/aromatic N) is 1. The zero-order chi connectivity index (χ0) is 14.6. The van der Waals surface area contributed by atoms with Crippen LogP contribution in [0.25, 0.3) is 17.1 Å². The van der Waals surface area contributed by atoms with Crippen LogP contribution in [0.4, 0.5) is 4.79 Å². The van der Waals surface area contributed by atoms with Gasteiger partial charge in [-0.25, -0.2) is 9.78 Å². The van der Waals surface area contributed by atoms with Gasteiger partial charge >= 0.3 is 6.09 Å². The third-order valence-electron chi connectivity index (χ3n) is 2.55. The van der Waals surface area contributed by atoms with E-state index in [1.165, 1.54) is 0 Å². The average Bonchev–Trinajstić information content (AvgIpc) is 2.81. The maximum atomic E-state index is 11.5. The van der Waals surface area contributed by atoms with Crippen molar-refractivity contribution in [3.05, 3.63) is 36.2 Å². The lowest BCUT2D eigenvalue weighted by atomic mass is 10.2. The number of rotatable bonds is 3. The monoisotopic (exact) mass is 273 g/mol. The first-order chi connectivity index (χ1) is 9.46. The molecule has 106 valence electrons. The first-order valence-corrected chi connectivity index (χ1v) is 6.51. The quantitative estimate of drug-likeness (QED) is 0.903. The topological polar surface area (TPSA) is 67.0 Å². The molecule has 0 aliphatic rings. The molecule has 0 unspecified atom stereocenters. The molecule has 0 saturated carbocycles. The van der Waals surface area contributed by atoms with Gasteiger partial charge in [-0.15, -0.1) is 0 Å². The molecule has 5 nitrogen and oxygen atoms in total. The SMILES string of the molecule is CC(C)(C)OC(=O)NCC=Cc1ccnc2[nH]ccc12. The van der Waals surface area contributed by atoms with Gasteiger partial charge in [0.05, 0.1) is 0 Å². The van der Waals surface area contributed by atoms with Gasteiger partial charge in [0.25, 0.3) is 0 Å². The minimum Gasteiger partial charge on any atom is -0.444 e. The molecule has 0 radical (unpaired) electrons. The summed E-state index contributed by atoms with van der Waals surface area (Å²) in [6, 6.07) is 3.91. The zero-order valence-corrected chi connectivity index (χ0v) is 11.9. The molecule has 0 aliphatic heterocycles. The molecular weight excluding hydrogens is 254 g/mol. The molecule has 0 atom stereocenters. The van der Waals surface area contributed by atoms with Crippen molar-refractivity contribution < 1.29 is 9.53 Å². The van der Waals surface area contributed by atoms with Crippen LogP contribution in [0.3, 0.4) is 0 Å². The number of hydrogen-bond donors (Lipinski definition) is 2. The predicted octanol–water partition coefficient (Wildman–Crippen LogP) is 3.10. The van der Waals surface area contributed by atoms with Crippen molar-refractivity contribution in [3.63, 3.8) is 0 Å². The first kappa shape index (κ1) is 14.1. The Morgan fingerprint density at radius 3 is 3.00 bits per heavy atom. The Morgan fingerprint density at radius 1 is 1.45 bits per heavy atom. The van der Waals surface area contributed by atoms with Gasteiger partial charge in [0.15, 0.2) is 0 Å². The summed E-state index contributed by atoms with van der Waals surface area (Å²) in [7, 11) is 0. The van der Waals surface area contributed by atoms with E-state index >= 15 is 0 Å². The second-order valence-corrected chi connectivity index (χ2v) is 5.43. The molecule has 0 aromatic carbocycles. The maximum Gasteiger partial charge on any atom is 0.407 e. The summed E-state index contributed by atoms with van der Waals surface area (Å²) in [6.45, 7) is 5.93. The molecule has 2 aromatic heterocycles.